The second-order valence-electron chi connectivity index (χ2n) is 4.25. The van der Waals surface area contributed by atoms with Gasteiger partial charge < -0.3 is 4.90 Å². The predicted octanol–water partition coefficient (Wildman–Crippen LogP) is 2.24. The summed E-state index contributed by atoms with van der Waals surface area (Å²) in [7, 11) is 0. The number of piperidine rings is 1. The van der Waals surface area contributed by atoms with Crippen molar-refractivity contribution in [3.63, 3.8) is 0 Å². The maximum absolute atomic E-state index is 13.0. The third-order valence-corrected chi connectivity index (χ3v) is 3.29. The van der Waals surface area contributed by atoms with Crippen LogP contribution in [0.25, 0.3) is 0 Å². The molecule has 1 aromatic rings. The number of aromatic nitrogens is 2. The molecule has 3 nitrogen and oxygen atoms in total. The van der Waals surface area contributed by atoms with E-state index >= 15 is 0 Å². The molecule has 2 atom stereocenters. The highest BCUT2D eigenvalue weighted by molar-refractivity contribution is 5.38. The summed E-state index contributed by atoms with van der Waals surface area (Å²) in [5.41, 5.74) is 0. The van der Waals surface area contributed by atoms with E-state index in [9.17, 15) is 4.39 Å². The second-order valence-corrected chi connectivity index (χ2v) is 4.25. The van der Waals surface area contributed by atoms with E-state index in [0.29, 0.717) is 17.8 Å². The number of hydrogen-bond acceptors (Lipinski definition) is 3. The van der Waals surface area contributed by atoms with Crippen molar-refractivity contribution < 1.29 is 4.39 Å². The molecule has 0 spiro atoms. The summed E-state index contributed by atoms with van der Waals surface area (Å²) in [5.74, 6) is 0.892. The number of halogens is 1. The fourth-order valence-electron chi connectivity index (χ4n) is 2.14. The molecule has 0 saturated carbocycles. The highest BCUT2D eigenvalue weighted by Crippen LogP contribution is 2.26. The first-order valence-corrected chi connectivity index (χ1v) is 5.42. The van der Waals surface area contributed by atoms with Gasteiger partial charge in [0.15, 0.2) is 0 Å². The van der Waals surface area contributed by atoms with Gasteiger partial charge in [0, 0.05) is 18.7 Å². The van der Waals surface area contributed by atoms with Crippen LogP contribution in [0.15, 0.2) is 12.4 Å². The van der Waals surface area contributed by atoms with Crippen LogP contribution in [0.1, 0.15) is 26.7 Å². The van der Waals surface area contributed by atoms with Crippen LogP contribution in [-0.4, -0.2) is 22.6 Å². The zero-order valence-corrected chi connectivity index (χ0v) is 9.15. The first-order chi connectivity index (χ1) is 7.18. The van der Waals surface area contributed by atoms with Crippen molar-refractivity contribution in [1.29, 1.82) is 0 Å². The topological polar surface area (TPSA) is 29.0 Å². The fourth-order valence-corrected chi connectivity index (χ4v) is 2.14. The lowest BCUT2D eigenvalue weighted by Gasteiger charge is -2.38. The van der Waals surface area contributed by atoms with E-state index in [-0.39, 0.29) is 0 Å². The molecule has 2 unspecified atom stereocenters. The van der Waals surface area contributed by atoms with Crippen LogP contribution in [0.2, 0.25) is 0 Å². The molecule has 2 heterocycles. The van der Waals surface area contributed by atoms with Gasteiger partial charge in [-0.1, -0.05) is 6.92 Å². The maximum Gasteiger partial charge on any atom is 0.218 e. The van der Waals surface area contributed by atoms with Crippen LogP contribution in [0.4, 0.5) is 10.2 Å². The summed E-state index contributed by atoms with van der Waals surface area (Å²) in [5, 5.41) is 0. The molecule has 4 heteroatoms. The van der Waals surface area contributed by atoms with E-state index in [1.165, 1.54) is 18.8 Å². The van der Waals surface area contributed by atoms with Gasteiger partial charge in [-0.3, -0.25) is 0 Å². The summed E-state index contributed by atoms with van der Waals surface area (Å²) in [6.07, 6.45) is 3.68. The van der Waals surface area contributed by atoms with E-state index in [4.69, 9.17) is 0 Å². The monoisotopic (exact) mass is 209 g/mol. The van der Waals surface area contributed by atoms with Gasteiger partial charge >= 0.3 is 0 Å². The standard InChI is InChI=1S/C11H16FN3/c1-8-4-3-5-15(9(8)2)11-6-10(12)13-7-14-11/h6-9H,3-5H2,1-2H3. The molecular weight excluding hydrogens is 193 g/mol. The highest BCUT2D eigenvalue weighted by Gasteiger charge is 2.25. The molecule has 1 saturated heterocycles. The fraction of sp³-hybridized carbons (Fsp3) is 0.636. The molecule has 1 aromatic heterocycles. The van der Waals surface area contributed by atoms with Crippen LogP contribution >= 0.6 is 0 Å². The summed E-state index contributed by atoms with van der Waals surface area (Å²) >= 11 is 0. The normalized spacial score (nSPS) is 26.7. The SMILES string of the molecule is CC1CCCN(c2cc(F)ncn2)C1C. The summed E-state index contributed by atoms with van der Waals surface area (Å²) in [6, 6.07) is 1.84. The molecule has 15 heavy (non-hydrogen) atoms. The molecule has 0 N–H and O–H groups in total. The lowest BCUT2D eigenvalue weighted by atomic mass is 9.92. The Hall–Kier alpha value is -1.19. The smallest absolute Gasteiger partial charge is 0.218 e. The molecule has 0 radical (unpaired) electrons. The minimum atomic E-state index is -0.453. The Morgan fingerprint density at radius 3 is 2.93 bits per heavy atom. The van der Waals surface area contributed by atoms with Crippen LogP contribution in [0.5, 0.6) is 0 Å². The zero-order chi connectivity index (χ0) is 10.8. The average molecular weight is 209 g/mol. The van der Waals surface area contributed by atoms with E-state index in [0.717, 1.165) is 13.0 Å². The molecule has 0 aliphatic carbocycles. The van der Waals surface area contributed by atoms with Gasteiger partial charge in [0.2, 0.25) is 5.95 Å². The lowest BCUT2D eigenvalue weighted by Crippen LogP contribution is -2.42. The molecule has 1 aliphatic rings. The van der Waals surface area contributed by atoms with Crippen LogP contribution in [0.3, 0.4) is 0 Å². The number of rotatable bonds is 1. The van der Waals surface area contributed by atoms with Crippen LogP contribution in [-0.2, 0) is 0 Å². The van der Waals surface area contributed by atoms with Gasteiger partial charge in [0.05, 0.1) is 0 Å². The van der Waals surface area contributed by atoms with Crippen molar-refractivity contribution in [3.8, 4) is 0 Å². The minimum absolute atomic E-state index is 0.424. The van der Waals surface area contributed by atoms with Gasteiger partial charge in [-0.2, -0.15) is 4.39 Å². The summed E-state index contributed by atoms with van der Waals surface area (Å²) in [6.45, 7) is 5.36. The Morgan fingerprint density at radius 2 is 2.20 bits per heavy atom. The summed E-state index contributed by atoms with van der Waals surface area (Å²) in [4.78, 5) is 9.76. The van der Waals surface area contributed by atoms with Gasteiger partial charge in [-0.05, 0) is 25.7 Å². The van der Waals surface area contributed by atoms with Crippen molar-refractivity contribution >= 4 is 5.82 Å². The first-order valence-electron chi connectivity index (χ1n) is 5.42. The lowest BCUT2D eigenvalue weighted by molar-refractivity contribution is 0.361. The van der Waals surface area contributed by atoms with Gasteiger partial charge in [-0.15, -0.1) is 0 Å². The molecule has 82 valence electrons. The Labute approximate surface area is 89.3 Å². The number of nitrogens with zero attached hydrogens (tertiary/aromatic N) is 3. The predicted molar refractivity (Wildman–Crippen MR) is 57.2 cm³/mol. The van der Waals surface area contributed by atoms with Crippen LogP contribution < -0.4 is 4.90 Å². The van der Waals surface area contributed by atoms with Gasteiger partial charge in [0.25, 0.3) is 0 Å². The third kappa shape index (κ3) is 2.08. The number of hydrogen-bond donors (Lipinski definition) is 0. The van der Waals surface area contributed by atoms with Crippen molar-refractivity contribution in [2.24, 2.45) is 5.92 Å². The zero-order valence-electron chi connectivity index (χ0n) is 9.15. The molecule has 2 rings (SSSR count). The first kappa shape index (κ1) is 10.3. The van der Waals surface area contributed by atoms with E-state index in [2.05, 4.69) is 28.7 Å². The third-order valence-electron chi connectivity index (χ3n) is 3.29. The van der Waals surface area contributed by atoms with E-state index in [1.807, 2.05) is 0 Å². The molecule has 1 fully saturated rings. The van der Waals surface area contributed by atoms with E-state index in [1.54, 1.807) is 0 Å². The van der Waals surface area contributed by atoms with Crippen molar-refractivity contribution in [3.05, 3.63) is 18.3 Å². The van der Waals surface area contributed by atoms with Crippen molar-refractivity contribution in [2.45, 2.75) is 32.7 Å². The Kier molecular flexibility index (Phi) is 2.84. The molecule has 0 aromatic carbocycles. The second kappa shape index (κ2) is 4.13. The molecule has 1 aliphatic heterocycles. The number of anilines is 1. The minimum Gasteiger partial charge on any atom is -0.353 e. The van der Waals surface area contributed by atoms with Crippen LogP contribution in [0, 0.1) is 11.9 Å². The Morgan fingerprint density at radius 1 is 1.40 bits per heavy atom. The van der Waals surface area contributed by atoms with Gasteiger partial charge in [-0.25, -0.2) is 9.97 Å². The highest BCUT2D eigenvalue weighted by atomic mass is 19.1. The largest absolute Gasteiger partial charge is 0.353 e. The maximum atomic E-state index is 13.0. The van der Waals surface area contributed by atoms with Crippen molar-refractivity contribution in [2.75, 3.05) is 11.4 Å². The summed E-state index contributed by atoms with van der Waals surface area (Å²) < 4.78 is 13.0. The Balaban J connectivity index is 2.22. The molecule has 0 amide bonds. The Bertz CT molecular complexity index is 342. The van der Waals surface area contributed by atoms with Gasteiger partial charge in [0.1, 0.15) is 12.1 Å². The quantitative estimate of drug-likeness (QED) is 0.664. The molecule has 0 bridgehead atoms. The van der Waals surface area contributed by atoms with E-state index < -0.39 is 5.95 Å². The van der Waals surface area contributed by atoms with Crippen molar-refractivity contribution in [1.82, 2.24) is 9.97 Å². The molecular formula is C11H16FN3. The average Bonchev–Trinajstić information content (AvgIpc) is 2.22.